The molecule has 1 saturated heterocycles. The van der Waals surface area contributed by atoms with Crippen molar-refractivity contribution < 1.29 is 14.6 Å². The van der Waals surface area contributed by atoms with E-state index < -0.39 is 11.6 Å². The van der Waals surface area contributed by atoms with Crippen molar-refractivity contribution >= 4 is 5.97 Å². The molecule has 2 rings (SSSR count). The predicted molar refractivity (Wildman–Crippen MR) is 60.7 cm³/mol. The third kappa shape index (κ3) is 2.48. The molecule has 1 aliphatic rings. The average Bonchev–Trinajstić information content (AvgIpc) is 2.85. The number of nitrogens with zero attached hydrogens (tertiary/aromatic N) is 2. The van der Waals surface area contributed by atoms with Crippen LogP contribution in [-0.2, 0) is 18.2 Å². The van der Waals surface area contributed by atoms with Crippen LogP contribution in [0.3, 0.4) is 0 Å². The first-order valence-corrected chi connectivity index (χ1v) is 5.58. The first kappa shape index (κ1) is 12.1. The molecule has 1 unspecified atom stereocenters. The van der Waals surface area contributed by atoms with Crippen molar-refractivity contribution in [3.8, 4) is 0 Å². The molecule has 0 amide bonds. The summed E-state index contributed by atoms with van der Waals surface area (Å²) >= 11 is 0. The highest BCUT2D eigenvalue weighted by atomic mass is 16.5. The molecule has 0 aromatic carbocycles. The van der Waals surface area contributed by atoms with E-state index in [0.717, 1.165) is 12.1 Å². The molecular formula is C11H17N3O3. The van der Waals surface area contributed by atoms with Crippen LogP contribution in [0.4, 0.5) is 0 Å². The molecule has 2 heterocycles. The molecule has 2 N–H and O–H groups in total. The molecule has 0 aliphatic carbocycles. The summed E-state index contributed by atoms with van der Waals surface area (Å²) in [5.74, 6) is -0.463. The zero-order valence-electron chi connectivity index (χ0n) is 10.1. The molecule has 1 aliphatic heterocycles. The summed E-state index contributed by atoms with van der Waals surface area (Å²) in [5.41, 5.74) is 0.229. The lowest BCUT2D eigenvalue weighted by atomic mass is 9.94. The topological polar surface area (TPSA) is 76.4 Å². The lowest BCUT2D eigenvalue weighted by Crippen LogP contribution is -2.34. The smallest absolute Gasteiger partial charge is 0.358 e. The lowest BCUT2D eigenvalue weighted by Gasteiger charge is -2.20. The second-order valence-corrected chi connectivity index (χ2v) is 4.50. The van der Waals surface area contributed by atoms with Gasteiger partial charge in [-0.25, -0.2) is 4.79 Å². The zero-order chi connectivity index (χ0) is 12.5. The van der Waals surface area contributed by atoms with Crippen molar-refractivity contribution in [1.82, 2.24) is 15.1 Å². The molecule has 6 nitrogen and oxygen atoms in total. The zero-order valence-corrected chi connectivity index (χ0v) is 10.1. The summed E-state index contributed by atoms with van der Waals surface area (Å²) in [7, 11) is 3.07. The number of β-amino-alcohol motifs (C(OH)–C–C–N with tert-alkyl or cyclic N) is 1. The Morgan fingerprint density at radius 3 is 3.12 bits per heavy atom. The van der Waals surface area contributed by atoms with Crippen LogP contribution in [0.2, 0.25) is 0 Å². The maximum Gasteiger partial charge on any atom is 0.358 e. The van der Waals surface area contributed by atoms with Gasteiger partial charge in [0.2, 0.25) is 0 Å². The van der Waals surface area contributed by atoms with E-state index in [1.807, 2.05) is 0 Å². The summed E-state index contributed by atoms with van der Waals surface area (Å²) in [6.07, 6.45) is 2.85. The van der Waals surface area contributed by atoms with Gasteiger partial charge in [-0.1, -0.05) is 0 Å². The Hall–Kier alpha value is -1.40. The van der Waals surface area contributed by atoms with E-state index in [0.29, 0.717) is 19.4 Å². The average molecular weight is 239 g/mol. The van der Waals surface area contributed by atoms with Gasteiger partial charge in [0.15, 0.2) is 5.69 Å². The molecule has 94 valence electrons. The fraction of sp³-hybridized carbons (Fsp3) is 0.636. The number of nitrogens with one attached hydrogen (secondary N) is 1. The molecule has 6 heteroatoms. The number of hydrogen-bond acceptors (Lipinski definition) is 5. The fourth-order valence-corrected chi connectivity index (χ4v) is 2.17. The molecule has 17 heavy (non-hydrogen) atoms. The van der Waals surface area contributed by atoms with Gasteiger partial charge in [0, 0.05) is 31.8 Å². The number of aryl methyl sites for hydroxylation is 1. The van der Waals surface area contributed by atoms with Gasteiger partial charge < -0.3 is 15.2 Å². The Kier molecular flexibility index (Phi) is 3.17. The van der Waals surface area contributed by atoms with Crippen LogP contribution in [0.25, 0.3) is 0 Å². The van der Waals surface area contributed by atoms with Gasteiger partial charge in [0.25, 0.3) is 0 Å². The predicted octanol–water partition coefficient (Wildman–Crippen LogP) is -0.526. The summed E-state index contributed by atoms with van der Waals surface area (Å²) in [6, 6.07) is 0. The van der Waals surface area contributed by atoms with Crippen molar-refractivity contribution in [3.63, 3.8) is 0 Å². The van der Waals surface area contributed by atoms with Crippen LogP contribution in [0.15, 0.2) is 6.20 Å². The van der Waals surface area contributed by atoms with Gasteiger partial charge in [0.1, 0.15) is 0 Å². The second kappa shape index (κ2) is 4.46. The number of esters is 1. The number of aromatic nitrogens is 2. The Morgan fingerprint density at radius 2 is 2.53 bits per heavy atom. The standard InChI is InChI=1S/C11H17N3O3/c1-14-6-8(9(13-14)10(15)17-2)5-11(16)3-4-12-7-11/h6,12,16H,3-5,7H2,1-2H3. The van der Waals surface area contributed by atoms with Crippen LogP contribution >= 0.6 is 0 Å². The second-order valence-electron chi connectivity index (χ2n) is 4.50. The Bertz CT molecular complexity index is 422. The third-order valence-corrected chi connectivity index (χ3v) is 3.02. The summed E-state index contributed by atoms with van der Waals surface area (Å²) in [5, 5.41) is 17.5. The minimum Gasteiger partial charge on any atom is -0.464 e. The maximum absolute atomic E-state index is 11.5. The highest BCUT2D eigenvalue weighted by Crippen LogP contribution is 2.22. The number of hydrogen-bond donors (Lipinski definition) is 2. The van der Waals surface area contributed by atoms with Crippen molar-refractivity contribution in [3.05, 3.63) is 17.5 Å². The Labute approximate surface area is 99.6 Å². The first-order chi connectivity index (χ1) is 8.04. The van der Waals surface area contributed by atoms with E-state index in [1.54, 1.807) is 17.9 Å². The quantitative estimate of drug-likeness (QED) is 0.694. The van der Waals surface area contributed by atoms with Gasteiger partial charge >= 0.3 is 5.97 Å². The van der Waals surface area contributed by atoms with E-state index in [1.165, 1.54) is 7.11 Å². The summed E-state index contributed by atoms with van der Waals surface area (Å²) in [4.78, 5) is 11.5. The lowest BCUT2D eigenvalue weighted by molar-refractivity contribution is 0.0565. The molecular weight excluding hydrogens is 222 g/mol. The molecule has 0 saturated carbocycles. The van der Waals surface area contributed by atoms with Crippen LogP contribution < -0.4 is 5.32 Å². The Morgan fingerprint density at radius 1 is 1.76 bits per heavy atom. The van der Waals surface area contributed by atoms with E-state index in [4.69, 9.17) is 0 Å². The molecule has 1 fully saturated rings. The van der Waals surface area contributed by atoms with E-state index in [-0.39, 0.29) is 5.69 Å². The number of carbonyl (C=O) groups is 1. The van der Waals surface area contributed by atoms with Gasteiger partial charge in [-0.3, -0.25) is 4.68 Å². The SMILES string of the molecule is COC(=O)c1nn(C)cc1CC1(O)CCNC1. The van der Waals surface area contributed by atoms with Gasteiger partial charge in [0.05, 0.1) is 12.7 Å². The largest absolute Gasteiger partial charge is 0.464 e. The number of ether oxygens (including phenoxy) is 1. The van der Waals surface area contributed by atoms with Crippen LogP contribution in [0, 0.1) is 0 Å². The van der Waals surface area contributed by atoms with Crippen molar-refractivity contribution in [2.45, 2.75) is 18.4 Å². The van der Waals surface area contributed by atoms with Gasteiger partial charge in [-0.15, -0.1) is 0 Å². The summed E-state index contributed by atoms with van der Waals surface area (Å²) in [6.45, 7) is 1.34. The molecule has 1 aromatic rings. The monoisotopic (exact) mass is 239 g/mol. The minimum atomic E-state index is -0.786. The maximum atomic E-state index is 11.5. The molecule has 0 radical (unpaired) electrons. The van der Waals surface area contributed by atoms with Crippen LogP contribution in [0.1, 0.15) is 22.5 Å². The highest BCUT2D eigenvalue weighted by Gasteiger charge is 2.33. The number of rotatable bonds is 3. The van der Waals surface area contributed by atoms with E-state index >= 15 is 0 Å². The van der Waals surface area contributed by atoms with E-state index in [2.05, 4.69) is 15.2 Å². The molecule has 0 bridgehead atoms. The number of carbonyl (C=O) groups excluding carboxylic acids is 1. The normalized spacial score (nSPS) is 23.9. The van der Waals surface area contributed by atoms with Gasteiger partial charge in [-0.2, -0.15) is 5.10 Å². The Balaban J connectivity index is 2.22. The molecule has 1 aromatic heterocycles. The first-order valence-electron chi connectivity index (χ1n) is 5.58. The van der Waals surface area contributed by atoms with Crippen LogP contribution in [0.5, 0.6) is 0 Å². The molecule has 0 spiro atoms. The van der Waals surface area contributed by atoms with Gasteiger partial charge in [-0.05, 0) is 13.0 Å². The van der Waals surface area contributed by atoms with Crippen molar-refractivity contribution in [2.75, 3.05) is 20.2 Å². The van der Waals surface area contributed by atoms with Crippen LogP contribution in [-0.4, -0.2) is 46.7 Å². The minimum absolute atomic E-state index is 0.287. The molecule has 1 atom stereocenters. The number of aliphatic hydroxyl groups is 1. The fourth-order valence-electron chi connectivity index (χ4n) is 2.17. The summed E-state index contributed by atoms with van der Waals surface area (Å²) < 4.78 is 6.24. The van der Waals surface area contributed by atoms with E-state index in [9.17, 15) is 9.90 Å². The van der Waals surface area contributed by atoms with Crippen molar-refractivity contribution in [2.24, 2.45) is 7.05 Å². The third-order valence-electron chi connectivity index (χ3n) is 3.02. The van der Waals surface area contributed by atoms with Crippen molar-refractivity contribution in [1.29, 1.82) is 0 Å². The highest BCUT2D eigenvalue weighted by molar-refractivity contribution is 5.88. The number of methoxy groups -OCH3 is 1.